The number of amides is 2. The summed E-state index contributed by atoms with van der Waals surface area (Å²) in [6.07, 6.45) is 0. The Morgan fingerprint density at radius 2 is 1.86 bits per heavy atom. The summed E-state index contributed by atoms with van der Waals surface area (Å²) in [4.78, 5) is 16.6. The van der Waals surface area contributed by atoms with Crippen molar-refractivity contribution in [3.05, 3.63) is 64.7 Å². The summed E-state index contributed by atoms with van der Waals surface area (Å²) in [5.74, 6) is -0.0474. The van der Waals surface area contributed by atoms with Crippen LogP contribution in [0.1, 0.15) is 22.3 Å². The first-order valence-electron chi connectivity index (χ1n) is 9.15. The Labute approximate surface area is 164 Å². The van der Waals surface area contributed by atoms with Gasteiger partial charge in [0.15, 0.2) is 9.84 Å². The van der Waals surface area contributed by atoms with Crippen molar-refractivity contribution in [3.63, 3.8) is 0 Å². The molecule has 2 heterocycles. The molecule has 0 radical (unpaired) electrons. The number of aryl methyl sites for hydroxylation is 2. The number of anilines is 1. The smallest absolute Gasteiger partial charge is 0.314 e. The van der Waals surface area contributed by atoms with Crippen molar-refractivity contribution in [3.8, 4) is 6.07 Å². The number of carbonyl (C=O) groups is 1. The van der Waals surface area contributed by atoms with Gasteiger partial charge in [-0.2, -0.15) is 5.26 Å². The summed E-state index contributed by atoms with van der Waals surface area (Å²) >= 11 is 0. The van der Waals surface area contributed by atoms with Crippen LogP contribution in [0.5, 0.6) is 0 Å². The lowest BCUT2D eigenvalue weighted by atomic mass is 10.1. The second-order valence-corrected chi connectivity index (χ2v) is 9.75. The van der Waals surface area contributed by atoms with Gasteiger partial charge in [0.1, 0.15) is 0 Å². The van der Waals surface area contributed by atoms with E-state index in [9.17, 15) is 13.2 Å². The normalized spacial score (nSPS) is 23.0. The first-order valence-corrected chi connectivity index (χ1v) is 11.0. The van der Waals surface area contributed by atoms with Gasteiger partial charge in [-0.3, -0.25) is 4.90 Å². The lowest BCUT2D eigenvalue weighted by Gasteiger charge is -2.24. The molecule has 2 saturated heterocycles. The van der Waals surface area contributed by atoms with Crippen LogP contribution in [-0.2, 0) is 16.4 Å². The van der Waals surface area contributed by atoms with Gasteiger partial charge in [-0.05, 0) is 48.7 Å². The van der Waals surface area contributed by atoms with Crippen molar-refractivity contribution >= 4 is 21.6 Å². The zero-order valence-electron chi connectivity index (χ0n) is 15.8. The third-order valence-corrected chi connectivity index (χ3v) is 7.21. The van der Waals surface area contributed by atoms with Crippen molar-refractivity contribution < 1.29 is 13.2 Å². The fourth-order valence-corrected chi connectivity index (χ4v) is 6.11. The first kappa shape index (κ1) is 18.5. The molecule has 2 aromatic carbocycles. The third-order valence-electron chi connectivity index (χ3n) is 5.51. The van der Waals surface area contributed by atoms with Crippen LogP contribution in [0.2, 0.25) is 0 Å². The number of carbonyl (C=O) groups excluding carboxylic acids is 1. The quantitative estimate of drug-likeness (QED) is 0.749. The Bertz CT molecular complexity index is 1100. The largest absolute Gasteiger partial charge is 0.325 e. The second-order valence-electron chi connectivity index (χ2n) is 7.59. The first-order chi connectivity index (χ1) is 13.3. The van der Waals surface area contributed by atoms with E-state index in [0.29, 0.717) is 5.56 Å². The Kier molecular flexibility index (Phi) is 4.39. The van der Waals surface area contributed by atoms with Gasteiger partial charge in [0.25, 0.3) is 0 Å². The molecule has 0 N–H and O–H groups in total. The van der Waals surface area contributed by atoms with E-state index in [-0.39, 0.29) is 30.1 Å². The number of sulfone groups is 1. The number of nitrogens with zero attached hydrogens (tertiary/aromatic N) is 3. The minimum absolute atomic E-state index is 0.0223. The molecule has 2 aliphatic heterocycles. The average molecular weight is 395 g/mol. The summed E-state index contributed by atoms with van der Waals surface area (Å²) in [6.45, 7) is 4.17. The lowest BCUT2D eigenvalue weighted by Crippen LogP contribution is -2.38. The highest BCUT2D eigenvalue weighted by Gasteiger charge is 2.54. The van der Waals surface area contributed by atoms with Gasteiger partial charge in [-0.25, -0.2) is 13.2 Å². The minimum Gasteiger partial charge on any atom is -0.314 e. The molecular formula is C21H21N3O3S. The zero-order chi connectivity index (χ0) is 20.1. The van der Waals surface area contributed by atoms with Crippen molar-refractivity contribution in [2.24, 2.45) is 0 Å². The maximum Gasteiger partial charge on any atom is 0.325 e. The molecule has 28 heavy (non-hydrogen) atoms. The van der Waals surface area contributed by atoms with Crippen LogP contribution in [0, 0.1) is 25.2 Å². The predicted molar refractivity (Wildman–Crippen MR) is 107 cm³/mol. The maximum absolute atomic E-state index is 13.3. The van der Waals surface area contributed by atoms with Crippen LogP contribution in [-0.4, -0.2) is 42.9 Å². The second kappa shape index (κ2) is 6.64. The molecule has 2 aliphatic rings. The fourth-order valence-electron chi connectivity index (χ4n) is 4.16. The van der Waals surface area contributed by atoms with Crippen molar-refractivity contribution in [2.45, 2.75) is 32.5 Å². The summed E-state index contributed by atoms with van der Waals surface area (Å²) in [6, 6.07) is 14.1. The molecule has 2 fully saturated rings. The van der Waals surface area contributed by atoms with E-state index in [0.717, 1.165) is 22.4 Å². The fraction of sp³-hybridized carbons (Fsp3) is 0.333. The monoisotopic (exact) mass is 395 g/mol. The Morgan fingerprint density at radius 3 is 2.61 bits per heavy atom. The van der Waals surface area contributed by atoms with Crippen molar-refractivity contribution in [1.29, 1.82) is 5.26 Å². The molecule has 7 heteroatoms. The van der Waals surface area contributed by atoms with E-state index in [4.69, 9.17) is 5.26 Å². The number of rotatable bonds is 3. The SMILES string of the molecule is Cc1ccc(C)c(N2C(=O)N(Cc3cccc(C#N)c3)[C@@H]3CS(=O)(=O)C[C@H]32)c1. The molecule has 6 nitrogen and oxygen atoms in total. The van der Waals surface area contributed by atoms with Crippen LogP contribution in [0.3, 0.4) is 0 Å². The van der Waals surface area contributed by atoms with Crippen LogP contribution in [0.25, 0.3) is 0 Å². The molecule has 0 aromatic heterocycles. The highest BCUT2D eigenvalue weighted by atomic mass is 32.2. The number of fused-ring (bicyclic) bond motifs is 1. The molecular weight excluding hydrogens is 374 g/mol. The standard InChI is InChI=1S/C21H21N3O3S/c1-14-6-7-15(2)18(8-14)24-20-13-28(26,27)12-19(20)23(21(24)25)11-17-5-3-4-16(9-17)10-22/h3-9,19-20H,11-13H2,1-2H3/t19-,20-/m1/s1. The highest BCUT2D eigenvalue weighted by Crippen LogP contribution is 2.37. The van der Waals surface area contributed by atoms with Gasteiger partial charge in [0, 0.05) is 12.2 Å². The highest BCUT2D eigenvalue weighted by molar-refractivity contribution is 7.91. The van der Waals surface area contributed by atoms with E-state index < -0.39 is 15.9 Å². The summed E-state index contributed by atoms with van der Waals surface area (Å²) in [5.41, 5.74) is 4.07. The van der Waals surface area contributed by atoms with E-state index in [2.05, 4.69) is 6.07 Å². The van der Waals surface area contributed by atoms with E-state index in [1.54, 1.807) is 28.0 Å². The number of hydrogen-bond acceptors (Lipinski definition) is 4. The van der Waals surface area contributed by atoms with Gasteiger partial charge in [-0.1, -0.05) is 24.3 Å². The lowest BCUT2D eigenvalue weighted by molar-refractivity contribution is 0.206. The Morgan fingerprint density at radius 1 is 1.11 bits per heavy atom. The maximum atomic E-state index is 13.3. The molecule has 2 atom stereocenters. The minimum atomic E-state index is -3.22. The van der Waals surface area contributed by atoms with Crippen LogP contribution >= 0.6 is 0 Å². The molecule has 0 spiro atoms. The van der Waals surface area contributed by atoms with Crippen molar-refractivity contribution in [2.75, 3.05) is 16.4 Å². The topological polar surface area (TPSA) is 81.5 Å². The Balaban J connectivity index is 1.74. The van der Waals surface area contributed by atoms with E-state index in [1.165, 1.54) is 0 Å². The van der Waals surface area contributed by atoms with Crippen LogP contribution in [0.15, 0.2) is 42.5 Å². The van der Waals surface area contributed by atoms with Gasteiger partial charge < -0.3 is 4.90 Å². The Hall–Kier alpha value is -2.85. The average Bonchev–Trinajstić information content (AvgIpc) is 3.08. The van der Waals surface area contributed by atoms with Crippen LogP contribution < -0.4 is 4.90 Å². The molecule has 4 rings (SSSR count). The summed E-state index contributed by atoms with van der Waals surface area (Å²) in [7, 11) is -3.22. The van der Waals surface area contributed by atoms with Crippen LogP contribution in [0.4, 0.5) is 10.5 Å². The van der Waals surface area contributed by atoms with E-state index in [1.807, 2.05) is 38.1 Å². The molecule has 0 unspecified atom stereocenters. The van der Waals surface area contributed by atoms with Gasteiger partial charge in [0.2, 0.25) is 0 Å². The van der Waals surface area contributed by atoms with E-state index >= 15 is 0 Å². The number of benzene rings is 2. The third kappa shape index (κ3) is 3.14. The van der Waals surface area contributed by atoms with Gasteiger partial charge in [-0.15, -0.1) is 0 Å². The number of nitriles is 1. The molecule has 2 aromatic rings. The summed E-state index contributed by atoms with van der Waals surface area (Å²) in [5, 5.41) is 9.12. The van der Waals surface area contributed by atoms with Crippen molar-refractivity contribution in [1.82, 2.24) is 4.90 Å². The number of hydrogen-bond donors (Lipinski definition) is 0. The predicted octanol–water partition coefficient (Wildman–Crippen LogP) is 2.78. The molecule has 0 saturated carbocycles. The van der Waals surface area contributed by atoms with Gasteiger partial charge in [0.05, 0.1) is 35.2 Å². The zero-order valence-corrected chi connectivity index (χ0v) is 16.6. The van der Waals surface area contributed by atoms with Gasteiger partial charge >= 0.3 is 6.03 Å². The molecule has 144 valence electrons. The number of urea groups is 1. The molecule has 2 amide bonds. The molecule has 0 bridgehead atoms. The molecule has 0 aliphatic carbocycles. The summed E-state index contributed by atoms with van der Waals surface area (Å²) < 4.78 is 24.7.